The van der Waals surface area contributed by atoms with E-state index in [-0.39, 0.29) is 17.8 Å². The van der Waals surface area contributed by atoms with Crippen molar-refractivity contribution in [1.82, 2.24) is 15.1 Å². The summed E-state index contributed by atoms with van der Waals surface area (Å²) in [6.07, 6.45) is 2.30. The molecule has 1 aromatic carbocycles. The number of hydrogen-bond acceptors (Lipinski definition) is 3. The van der Waals surface area contributed by atoms with Crippen molar-refractivity contribution < 1.29 is 9.18 Å². The first-order chi connectivity index (χ1) is 11.0. The number of hydrogen-bond donors (Lipinski definition) is 2. The Bertz CT molecular complexity index is 719. The highest BCUT2D eigenvalue weighted by atomic mass is 19.1. The minimum absolute atomic E-state index is 0.0201. The van der Waals surface area contributed by atoms with Crippen molar-refractivity contribution >= 4 is 5.91 Å². The second kappa shape index (κ2) is 6.12. The standard InChI is InChI=1S/C17H21FN4O/c1-10-16(17(23)20-9-15(19)12-3-4-12)11(2)22(21-10)14-7-5-13(18)6-8-14/h5-8,12,15H,3-4,9,19H2,1-2H3,(H,20,23). The molecule has 5 nitrogen and oxygen atoms in total. The van der Waals surface area contributed by atoms with Crippen LogP contribution >= 0.6 is 0 Å². The van der Waals surface area contributed by atoms with Gasteiger partial charge in [0, 0.05) is 12.6 Å². The van der Waals surface area contributed by atoms with E-state index in [0.29, 0.717) is 23.7 Å². The maximum Gasteiger partial charge on any atom is 0.255 e. The van der Waals surface area contributed by atoms with Gasteiger partial charge in [0.15, 0.2) is 0 Å². The third-order valence-corrected chi connectivity index (χ3v) is 4.32. The number of nitrogens with two attached hydrogens (primary N) is 1. The van der Waals surface area contributed by atoms with Crippen molar-refractivity contribution in [2.24, 2.45) is 11.7 Å². The van der Waals surface area contributed by atoms with E-state index >= 15 is 0 Å². The lowest BCUT2D eigenvalue weighted by Gasteiger charge is -2.12. The highest BCUT2D eigenvalue weighted by Gasteiger charge is 2.29. The number of halogens is 1. The van der Waals surface area contributed by atoms with Crippen molar-refractivity contribution in [1.29, 1.82) is 0 Å². The molecule has 0 spiro atoms. The average molecular weight is 316 g/mol. The van der Waals surface area contributed by atoms with Crippen molar-refractivity contribution in [2.45, 2.75) is 32.7 Å². The smallest absolute Gasteiger partial charge is 0.255 e. The van der Waals surface area contributed by atoms with E-state index < -0.39 is 0 Å². The Balaban J connectivity index is 1.79. The molecule has 6 heteroatoms. The van der Waals surface area contributed by atoms with Crippen LogP contribution in [0, 0.1) is 25.6 Å². The molecule has 0 bridgehead atoms. The maximum atomic E-state index is 13.1. The topological polar surface area (TPSA) is 72.9 Å². The summed E-state index contributed by atoms with van der Waals surface area (Å²) in [5, 5.41) is 7.31. The van der Waals surface area contributed by atoms with Crippen LogP contribution in [-0.4, -0.2) is 28.3 Å². The third kappa shape index (κ3) is 3.27. The Labute approximate surface area is 134 Å². The molecular weight excluding hydrogens is 295 g/mol. The summed E-state index contributed by atoms with van der Waals surface area (Å²) in [7, 11) is 0. The molecule has 1 atom stereocenters. The van der Waals surface area contributed by atoms with E-state index in [1.807, 2.05) is 6.92 Å². The number of carbonyl (C=O) groups excluding carboxylic acids is 1. The highest BCUT2D eigenvalue weighted by Crippen LogP contribution is 2.31. The molecule has 0 radical (unpaired) electrons. The molecule has 3 N–H and O–H groups in total. The van der Waals surface area contributed by atoms with Crippen LogP contribution in [0.2, 0.25) is 0 Å². The summed E-state index contributed by atoms with van der Waals surface area (Å²) in [5.74, 6) is 0.0752. The summed E-state index contributed by atoms with van der Waals surface area (Å²) in [5.41, 5.74) is 8.67. The molecule has 1 aromatic heterocycles. The fourth-order valence-corrected chi connectivity index (χ4v) is 2.79. The summed E-state index contributed by atoms with van der Waals surface area (Å²) >= 11 is 0. The molecule has 1 aliphatic rings. The average Bonchev–Trinajstić information content (AvgIpc) is 3.32. The highest BCUT2D eigenvalue weighted by molar-refractivity contribution is 5.96. The fourth-order valence-electron chi connectivity index (χ4n) is 2.79. The SMILES string of the molecule is Cc1nn(-c2ccc(F)cc2)c(C)c1C(=O)NCC(N)C1CC1. The Morgan fingerprint density at radius 2 is 2.04 bits per heavy atom. The van der Waals surface area contributed by atoms with E-state index in [1.165, 1.54) is 12.1 Å². The molecule has 3 rings (SSSR count). The van der Waals surface area contributed by atoms with Crippen LogP contribution in [0.5, 0.6) is 0 Å². The van der Waals surface area contributed by atoms with Crippen molar-refractivity contribution in [2.75, 3.05) is 6.54 Å². The predicted molar refractivity (Wildman–Crippen MR) is 86.0 cm³/mol. The molecule has 1 fully saturated rings. The van der Waals surface area contributed by atoms with Crippen LogP contribution in [0.15, 0.2) is 24.3 Å². The molecule has 2 aromatic rings. The summed E-state index contributed by atoms with van der Waals surface area (Å²) in [6.45, 7) is 4.10. The number of carbonyl (C=O) groups is 1. The number of benzene rings is 1. The van der Waals surface area contributed by atoms with Gasteiger partial charge >= 0.3 is 0 Å². The minimum Gasteiger partial charge on any atom is -0.350 e. The monoisotopic (exact) mass is 316 g/mol. The maximum absolute atomic E-state index is 13.1. The third-order valence-electron chi connectivity index (χ3n) is 4.32. The van der Waals surface area contributed by atoms with Gasteiger partial charge < -0.3 is 11.1 Å². The molecule has 23 heavy (non-hydrogen) atoms. The number of nitrogens with one attached hydrogen (secondary N) is 1. The first-order valence-electron chi connectivity index (χ1n) is 7.83. The van der Waals surface area contributed by atoms with Gasteiger partial charge in [-0.15, -0.1) is 0 Å². The fraction of sp³-hybridized carbons (Fsp3) is 0.412. The van der Waals surface area contributed by atoms with Gasteiger partial charge in [-0.1, -0.05) is 0 Å². The zero-order valence-electron chi connectivity index (χ0n) is 13.3. The Morgan fingerprint density at radius 1 is 1.39 bits per heavy atom. The van der Waals surface area contributed by atoms with Crippen molar-refractivity contribution in [3.05, 3.63) is 47.0 Å². The van der Waals surface area contributed by atoms with Crippen LogP contribution in [0.4, 0.5) is 4.39 Å². The first kappa shape index (κ1) is 15.7. The van der Waals surface area contributed by atoms with Crippen LogP contribution in [0.25, 0.3) is 5.69 Å². The Kier molecular flexibility index (Phi) is 4.17. The normalized spacial score (nSPS) is 15.5. The van der Waals surface area contributed by atoms with E-state index in [9.17, 15) is 9.18 Å². The van der Waals surface area contributed by atoms with Gasteiger partial charge in [-0.3, -0.25) is 4.79 Å². The van der Waals surface area contributed by atoms with E-state index in [1.54, 1.807) is 23.7 Å². The van der Waals surface area contributed by atoms with E-state index in [0.717, 1.165) is 24.2 Å². The van der Waals surface area contributed by atoms with Crippen LogP contribution in [-0.2, 0) is 0 Å². The Hall–Kier alpha value is -2.21. The zero-order chi connectivity index (χ0) is 16.6. The van der Waals surface area contributed by atoms with Crippen molar-refractivity contribution in [3.8, 4) is 5.69 Å². The van der Waals surface area contributed by atoms with Gasteiger partial charge in [-0.25, -0.2) is 9.07 Å². The zero-order valence-corrected chi connectivity index (χ0v) is 13.3. The predicted octanol–water partition coefficient (Wildman–Crippen LogP) is 2.10. The van der Waals surface area contributed by atoms with Gasteiger partial charge in [0.1, 0.15) is 5.82 Å². The van der Waals surface area contributed by atoms with Gasteiger partial charge in [0.25, 0.3) is 5.91 Å². The van der Waals surface area contributed by atoms with Gasteiger partial charge in [0.05, 0.1) is 22.6 Å². The molecular formula is C17H21FN4O. The number of amides is 1. The molecule has 122 valence electrons. The summed E-state index contributed by atoms with van der Waals surface area (Å²) in [6, 6.07) is 6.05. The second-order valence-electron chi connectivity index (χ2n) is 6.15. The van der Waals surface area contributed by atoms with E-state index in [2.05, 4.69) is 10.4 Å². The summed E-state index contributed by atoms with van der Waals surface area (Å²) < 4.78 is 14.7. The van der Waals surface area contributed by atoms with Gasteiger partial charge in [-0.05, 0) is 56.9 Å². The van der Waals surface area contributed by atoms with Gasteiger partial charge in [0.2, 0.25) is 0 Å². The molecule has 1 heterocycles. The molecule has 1 aliphatic carbocycles. The lowest BCUT2D eigenvalue weighted by molar-refractivity contribution is 0.0949. The molecule has 1 amide bonds. The lowest BCUT2D eigenvalue weighted by Crippen LogP contribution is -2.38. The number of nitrogens with zero attached hydrogens (tertiary/aromatic N) is 2. The Morgan fingerprint density at radius 3 is 2.65 bits per heavy atom. The second-order valence-corrected chi connectivity index (χ2v) is 6.15. The molecule has 0 aliphatic heterocycles. The van der Waals surface area contributed by atoms with Crippen molar-refractivity contribution in [3.63, 3.8) is 0 Å². The summed E-state index contributed by atoms with van der Waals surface area (Å²) in [4.78, 5) is 12.5. The molecule has 1 unspecified atom stereocenters. The lowest BCUT2D eigenvalue weighted by atomic mass is 10.1. The van der Waals surface area contributed by atoms with E-state index in [4.69, 9.17) is 5.73 Å². The molecule has 0 saturated heterocycles. The van der Waals surface area contributed by atoms with Crippen LogP contribution in [0.1, 0.15) is 34.6 Å². The number of aryl methyl sites for hydroxylation is 1. The van der Waals surface area contributed by atoms with Gasteiger partial charge in [-0.2, -0.15) is 5.10 Å². The van der Waals surface area contributed by atoms with Crippen LogP contribution in [0.3, 0.4) is 0 Å². The largest absolute Gasteiger partial charge is 0.350 e. The first-order valence-corrected chi connectivity index (χ1v) is 7.83. The van der Waals surface area contributed by atoms with Crippen LogP contribution < -0.4 is 11.1 Å². The molecule has 1 saturated carbocycles. The number of aromatic nitrogens is 2. The number of rotatable bonds is 5. The quantitative estimate of drug-likeness (QED) is 0.887. The minimum atomic E-state index is -0.303.